The number of alkyl carbamates (subject to hydrolysis) is 1. The number of nitrogens with one attached hydrogen (secondary N) is 1. The van der Waals surface area contributed by atoms with E-state index in [1.165, 1.54) is 11.3 Å². The molecule has 0 atom stereocenters. The van der Waals surface area contributed by atoms with Crippen molar-refractivity contribution in [2.24, 2.45) is 5.92 Å². The number of likely N-dealkylation sites (tertiary alicyclic amines) is 1. The third-order valence-corrected chi connectivity index (χ3v) is 6.23. The highest BCUT2D eigenvalue weighted by Crippen LogP contribution is 2.36. The van der Waals surface area contributed by atoms with E-state index in [-0.39, 0.29) is 5.91 Å². The molecule has 7 heteroatoms. The Morgan fingerprint density at radius 3 is 2.56 bits per heavy atom. The first-order valence-electron chi connectivity index (χ1n) is 9.18. The van der Waals surface area contributed by atoms with Crippen LogP contribution in [0.4, 0.5) is 4.79 Å². The summed E-state index contributed by atoms with van der Waals surface area (Å²) in [4.78, 5) is 27.1. The smallest absolute Gasteiger partial charge is 0.407 e. The number of fused-ring (bicyclic) bond motifs is 1. The van der Waals surface area contributed by atoms with Gasteiger partial charge in [0.2, 0.25) is 0 Å². The van der Waals surface area contributed by atoms with Crippen molar-refractivity contribution in [1.29, 1.82) is 0 Å². The molecule has 2 aromatic rings. The van der Waals surface area contributed by atoms with Crippen molar-refractivity contribution in [2.45, 2.75) is 39.2 Å². The zero-order valence-electron chi connectivity index (χ0n) is 15.9. The van der Waals surface area contributed by atoms with Crippen molar-refractivity contribution in [2.75, 3.05) is 19.6 Å². The van der Waals surface area contributed by atoms with Crippen LogP contribution in [0.2, 0.25) is 5.02 Å². The van der Waals surface area contributed by atoms with E-state index in [9.17, 15) is 9.59 Å². The van der Waals surface area contributed by atoms with Gasteiger partial charge in [-0.1, -0.05) is 29.8 Å². The topological polar surface area (TPSA) is 58.6 Å². The molecule has 1 aromatic carbocycles. The van der Waals surface area contributed by atoms with Crippen LogP contribution < -0.4 is 5.32 Å². The van der Waals surface area contributed by atoms with Crippen molar-refractivity contribution in [3.8, 4) is 0 Å². The normalized spacial score (nSPS) is 15.8. The number of carbonyl (C=O) groups excluding carboxylic acids is 2. The second-order valence-corrected chi connectivity index (χ2v) is 9.29. The summed E-state index contributed by atoms with van der Waals surface area (Å²) in [7, 11) is 0. The fourth-order valence-corrected chi connectivity index (χ4v) is 4.66. The first kappa shape index (κ1) is 20.0. The number of ether oxygens (including phenoxy) is 1. The van der Waals surface area contributed by atoms with Gasteiger partial charge in [0, 0.05) is 29.7 Å². The third-order valence-electron chi connectivity index (χ3n) is 4.56. The minimum Gasteiger partial charge on any atom is -0.444 e. The van der Waals surface area contributed by atoms with E-state index >= 15 is 0 Å². The van der Waals surface area contributed by atoms with E-state index in [0.717, 1.165) is 22.9 Å². The monoisotopic (exact) mass is 408 g/mol. The molecular weight excluding hydrogens is 384 g/mol. The van der Waals surface area contributed by atoms with Gasteiger partial charge in [0.25, 0.3) is 5.91 Å². The van der Waals surface area contributed by atoms with E-state index < -0.39 is 11.7 Å². The average molecular weight is 409 g/mol. The summed E-state index contributed by atoms with van der Waals surface area (Å²) in [6, 6.07) is 7.81. The first-order valence-corrected chi connectivity index (χ1v) is 10.4. The third kappa shape index (κ3) is 4.93. The maximum atomic E-state index is 12.9. The zero-order valence-corrected chi connectivity index (χ0v) is 17.5. The number of amides is 2. The van der Waals surface area contributed by atoms with Gasteiger partial charge in [0.1, 0.15) is 10.5 Å². The molecule has 0 radical (unpaired) electrons. The van der Waals surface area contributed by atoms with Crippen LogP contribution in [-0.2, 0) is 4.74 Å². The lowest BCUT2D eigenvalue weighted by molar-refractivity contribution is 0.0500. The number of carbonyl (C=O) groups is 2. The summed E-state index contributed by atoms with van der Waals surface area (Å²) in [5.41, 5.74) is -0.497. The van der Waals surface area contributed by atoms with E-state index in [2.05, 4.69) is 5.32 Å². The van der Waals surface area contributed by atoms with Crippen LogP contribution in [-0.4, -0.2) is 42.1 Å². The molecule has 2 heterocycles. The van der Waals surface area contributed by atoms with Crippen LogP contribution in [0.5, 0.6) is 0 Å². The fraction of sp³-hybridized carbons (Fsp3) is 0.500. The van der Waals surface area contributed by atoms with Gasteiger partial charge in [-0.2, -0.15) is 0 Å². The molecule has 1 aromatic heterocycles. The molecule has 1 aliphatic heterocycles. The lowest BCUT2D eigenvalue weighted by atomic mass is 9.96. The quantitative estimate of drug-likeness (QED) is 0.783. The second-order valence-electron chi connectivity index (χ2n) is 7.86. The molecular formula is C20H25ClN2O3S. The van der Waals surface area contributed by atoms with Crippen LogP contribution in [0, 0.1) is 5.92 Å². The largest absolute Gasteiger partial charge is 0.444 e. The van der Waals surface area contributed by atoms with Gasteiger partial charge in [-0.15, -0.1) is 11.3 Å². The summed E-state index contributed by atoms with van der Waals surface area (Å²) in [5.74, 6) is 0.346. The second kappa shape index (κ2) is 8.07. The Hall–Kier alpha value is -1.79. The molecule has 0 saturated carbocycles. The predicted molar refractivity (Wildman–Crippen MR) is 110 cm³/mol. The summed E-state index contributed by atoms with van der Waals surface area (Å²) in [6.45, 7) is 7.44. The Labute approximate surface area is 168 Å². The molecule has 5 nitrogen and oxygen atoms in total. The SMILES string of the molecule is CC(C)(C)OC(=O)NCC1CCN(C(=O)c2sc3ccccc3c2Cl)CC1. The van der Waals surface area contributed by atoms with Crippen molar-refractivity contribution >= 4 is 45.0 Å². The number of hydrogen-bond donors (Lipinski definition) is 1. The van der Waals surface area contributed by atoms with Gasteiger partial charge in [-0.25, -0.2) is 4.79 Å². The van der Waals surface area contributed by atoms with Gasteiger partial charge in [0.15, 0.2) is 0 Å². The number of halogens is 1. The highest BCUT2D eigenvalue weighted by molar-refractivity contribution is 7.21. The molecule has 3 rings (SSSR count). The summed E-state index contributed by atoms with van der Waals surface area (Å²) >= 11 is 7.89. The number of benzene rings is 1. The van der Waals surface area contributed by atoms with Crippen LogP contribution in [0.25, 0.3) is 10.1 Å². The molecule has 0 bridgehead atoms. The number of thiophene rings is 1. The zero-order chi connectivity index (χ0) is 19.6. The predicted octanol–water partition coefficient (Wildman–Crippen LogP) is 4.93. The molecule has 1 saturated heterocycles. The Morgan fingerprint density at radius 1 is 1.26 bits per heavy atom. The Balaban J connectivity index is 1.53. The molecule has 27 heavy (non-hydrogen) atoms. The standard InChI is InChI=1S/C20H25ClN2O3S/c1-20(2,3)26-19(25)22-12-13-8-10-23(11-9-13)18(24)17-16(21)14-6-4-5-7-15(14)27-17/h4-7,13H,8-12H2,1-3H3,(H,22,25). The molecule has 1 fully saturated rings. The maximum Gasteiger partial charge on any atom is 0.407 e. The van der Waals surface area contributed by atoms with Crippen LogP contribution in [0.15, 0.2) is 24.3 Å². The minimum atomic E-state index is -0.497. The summed E-state index contributed by atoms with van der Waals surface area (Å²) in [5, 5.41) is 4.31. The van der Waals surface area contributed by atoms with Crippen molar-refractivity contribution in [3.63, 3.8) is 0 Å². The van der Waals surface area contributed by atoms with Crippen LogP contribution >= 0.6 is 22.9 Å². The van der Waals surface area contributed by atoms with Gasteiger partial charge in [-0.05, 0) is 45.6 Å². The van der Waals surface area contributed by atoms with E-state index in [1.54, 1.807) is 0 Å². The maximum absolute atomic E-state index is 12.9. The van der Waals surface area contributed by atoms with E-state index in [0.29, 0.717) is 35.5 Å². The Morgan fingerprint density at radius 2 is 1.93 bits per heavy atom. The van der Waals surface area contributed by atoms with Crippen molar-refractivity contribution < 1.29 is 14.3 Å². The highest BCUT2D eigenvalue weighted by atomic mass is 35.5. The van der Waals surface area contributed by atoms with Crippen LogP contribution in [0.1, 0.15) is 43.3 Å². The lowest BCUT2D eigenvalue weighted by Gasteiger charge is -2.32. The molecule has 1 N–H and O–H groups in total. The molecule has 146 valence electrons. The number of rotatable bonds is 3. The average Bonchev–Trinajstić information content (AvgIpc) is 2.95. The van der Waals surface area contributed by atoms with Crippen molar-refractivity contribution in [3.05, 3.63) is 34.2 Å². The summed E-state index contributed by atoms with van der Waals surface area (Å²) in [6.07, 6.45) is 1.31. The lowest BCUT2D eigenvalue weighted by Crippen LogP contribution is -2.42. The van der Waals surface area contributed by atoms with Gasteiger partial charge in [-0.3, -0.25) is 4.79 Å². The number of nitrogens with zero attached hydrogens (tertiary/aromatic N) is 1. The van der Waals surface area contributed by atoms with Crippen LogP contribution in [0.3, 0.4) is 0 Å². The van der Waals surface area contributed by atoms with Gasteiger partial charge >= 0.3 is 6.09 Å². The number of hydrogen-bond acceptors (Lipinski definition) is 4. The Bertz CT molecular complexity index is 835. The van der Waals surface area contributed by atoms with E-state index in [4.69, 9.17) is 16.3 Å². The fourth-order valence-electron chi connectivity index (χ4n) is 3.18. The molecule has 0 spiro atoms. The first-order chi connectivity index (χ1) is 12.7. The molecule has 2 amide bonds. The Kier molecular flexibility index (Phi) is 5.96. The van der Waals surface area contributed by atoms with Gasteiger partial charge in [0.05, 0.1) is 5.02 Å². The molecule has 0 unspecified atom stereocenters. The number of piperidine rings is 1. The minimum absolute atomic E-state index is 0.000230. The van der Waals surface area contributed by atoms with Crippen molar-refractivity contribution in [1.82, 2.24) is 10.2 Å². The summed E-state index contributed by atoms with van der Waals surface area (Å²) < 4.78 is 6.29. The van der Waals surface area contributed by atoms with Gasteiger partial charge < -0.3 is 15.0 Å². The molecule has 0 aliphatic carbocycles. The highest BCUT2D eigenvalue weighted by Gasteiger charge is 2.27. The molecule has 1 aliphatic rings. The van der Waals surface area contributed by atoms with E-state index in [1.807, 2.05) is 49.9 Å².